The number of halogens is 3. The first-order chi connectivity index (χ1) is 19.3. The van der Waals surface area contributed by atoms with Crippen LogP contribution in [-0.4, -0.2) is 24.3 Å². The Hall–Kier alpha value is -4.37. The van der Waals surface area contributed by atoms with E-state index in [4.69, 9.17) is 0 Å². The molecule has 0 aliphatic heterocycles. The van der Waals surface area contributed by atoms with Crippen molar-refractivity contribution in [1.29, 1.82) is 0 Å². The number of aromatic nitrogens is 5. The number of nitrogens with zero attached hydrogens (tertiary/aromatic N) is 5. The highest BCUT2D eigenvalue weighted by Gasteiger charge is 2.34. The van der Waals surface area contributed by atoms with Gasteiger partial charge in [0, 0.05) is 35.8 Å². The van der Waals surface area contributed by atoms with Crippen molar-refractivity contribution in [1.82, 2.24) is 24.3 Å². The van der Waals surface area contributed by atoms with Gasteiger partial charge in [0.15, 0.2) is 0 Å². The summed E-state index contributed by atoms with van der Waals surface area (Å²) in [6.07, 6.45) is -0.105. The SMILES string of the molecule is Cc1cc([C@@H](C)Nc2ccc(P)cc2C(F)(F)F)c2cc(-c3cnn(-c4cnc(C)nc4)c(=O)c3)n(C)c(=O)c2c1. The van der Waals surface area contributed by atoms with Crippen LogP contribution in [0.3, 0.4) is 0 Å². The zero-order valence-corrected chi connectivity index (χ0v) is 23.8. The first kappa shape index (κ1) is 28.2. The van der Waals surface area contributed by atoms with E-state index in [1.807, 2.05) is 13.0 Å². The Labute approximate surface area is 235 Å². The number of hydrogen-bond acceptors (Lipinski definition) is 6. The van der Waals surface area contributed by atoms with Gasteiger partial charge in [0.25, 0.3) is 11.1 Å². The highest BCUT2D eigenvalue weighted by atomic mass is 31.0. The Morgan fingerprint density at radius 2 is 1.66 bits per heavy atom. The summed E-state index contributed by atoms with van der Waals surface area (Å²) in [4.78, 5) is 34.7. The maximum atomic E-state index is 13.8. The van der Waals surface area contributed by atoms with Gasteiger partial charge in [-0.2, -0.15) is 23.0 Å². The molecule has 41 heavy (non-hydrogen) atoms. The lowest BCUT2D eigenvalue weighted by Crippen LogP contribution is -2.23. The van der Waals surface area contributed by atoms with Crippen LogP contribution in [0.25, 0.3) is 27.7 Å². The number of pyridine rings is 1. The smallest absolute Gasteiger partial charge is 0.378 e. The Morgan fingerprint density at radius 3 is 2.32 bits per heavy atom. The van der Waals surface area contributed by atoms with Crippen LogP contribution in [-0.2, 0) is 13.2 Å². The molecule has 210 valence electrons. The van der Waals surface area contributed by atoms with Gasteiger partial charge in [-0.15, -0.1) is 9.24 Å². The third-order valence-corrected chi connectivity index (χ3v) is 7.19. The molecule has 0 saturated heterocycles. The van der Waals surface area contributed by atoms with E-state index in [0.29, 0.717) is 44.4 Å². The monoisotopic (exact) mass is 578 g/mol. The summed E-state index contributed by atoms with van der Waals surface area (Å²) in [5.41, 5.74) is 1.05. The molecule has 1 unspecified atom stereocenters. The number of benzene rings is 2. The number of alkyl halides is 3. The number of aryl methyl sites for hydroxylation is 2. The molecule has 12 heteroatoms. The van der Waals surface area contributed by atoms with E-state index in [2.05, 4.69) is 29.6 Å². The second kappa shape index (κ2) is 10.6. The van der Waals surface area contributed by atoms with E-state index < -0.39 is 23.3 Å². The van der Waals surface area contributed by atoms with Crippen LogP contribution in [0.15, 0.2) is 70.6 Å². The molecule has 5 rings (SSSR count). The van der Waals surface area contributed by atoms with E-state index >= 15 is 0 Å². The number of anilines is 1. The summed E-state index contributed by atoms with van der Waals surface area (Å²) in [5.74, 6) is 0.551. The topological polar surface area (TPSA) is 94.7 Å². The molecule has 8 nitrogen and oxygen atoms in total. The molecule has 0 amide bonds. The van der Waals surface area contributed by atoms with Crippen molar-refractivity contribution in [2.75, 3.05) is 5.32 Å². The van der Waals surface area contributed by atoms with Crippen LogP contribution in [0, 0.1) is 13.8 Å². The van der Waals surface area contributed by atoms with Crippen molar-refractivity contribution in [3.8, 4) is 16.9 Å². The molecule has 3 aromatic heterocycles. The van der Waals surface area contributed by atoms with E-state index in [1.54, 1.807) is 39.1 Å². The Balaban J connectivity index is 1.62. The summed E-state index contributed by atoms with van der Waals surface area (Å²) < 4.78 is 44.0. The minimum Gasteiger partial charge on any atom is -0.378 e. The van der Waals surface area contributed by atoms with Crippen LogP contribution in [0.2, 0.25) is 0 Å². The summed E-state index contributed by atoms with van der Waals surface area (Å²) in [6, 6.07) is 10.2. The van der Waals surface area contributed by atoms with Crippen LogP contribution >= 0.6 is 9.24 Å². The predicted molar refractivity (Wildman–Crippen MR) is 156 cm³/mol. The molecule has 0 radical (unpaired) electrons. The fraction of sp³-hybridized carbons (Fsp3) is 0.207. The highest BCUT2D eigenvalue weighted by Crippen LogP contribution is 2.37. The van der Waals surface area contributed by atoms with Gasteiger partial charge >= 0.3 is 6.18 Å². The lowest BCUT2D eigenvalue weighted by Gasteiger charge is -2.22. The Bertz CT molecular complexity index is 1920. The largest absolute Gasteiger partial charge is 0.418 e. The summed E-state index contributed by atoms with van der Waals surface area (Å²) in [7, 11) is 3.87. The second-order valence-corrected chi connectivity index (χ2v) is 10.5. The minimum absolute atomic E-state index is 0.0668. The van der Waals surface area contributed by atoms with Gasteiger partial charge in [-0.3, -0.25) is 9.59 Å². The lowest BCUT2D eigenvalue weighted by atomic mass is 9.96. The molecular weight excluding hydrogens is 552 g/mol. The van der Waals surface area contributed by atoms with Crippen molar-refractivity contribution in [3.63, 3.8) is 0 Å². The number of fused-ring (bicyclic) bond motifs is 1. The van der Waals surface area contributed by atoms with Crippen LogP contribution < -0.4 is 21.7 Å². The number of rotatable bonds is 5. The molecule has 0 aliphatic rings. The van der Waals surface area contributed by atoms with Crippen molar-refractivity contribution in [2.24, 2.45) is 7.05 Å². The normalized spacial score (nSPS) is 12.5. The van der Waals surface area contributed by atoms with Gasteiger partial charge in [0.05, 0.1) is 29.8 Å². The van der Waals surface area contributed by atoms with Gasteiger partial charge in [-0.25, -0.2) is 9.97 Å². The molecule has 0 spiro atoms. The average Bonchev–Trinajstić information content (AvgIpc) is 2.91. The molecule has 5 aromatic rings. The Morgan fingerprint density at radius 1 is 0.951 bits per heavy atom. The third-order valence-electron chi connectivity index (χ3n) is 6.83. The van der Waals surface area contributed by atoms with Crippen LogP contribution in [0.4, 0.5) is 18.9 Å². The van der Waals surface area contributed by atoms with Crippen molar-refractivity contribution in [2.45, 2.75) is 33.0 Å². The van der Waals surface area contributed by atoms with Gasteiger partial charge in [0.1, 0.15) is 11.5 Å². The van der Waals surface area contributed by atoms with Crippen molar-refractivity contribution >= 4 is 31.0 Å². The zero-order chi connectivity index (χ0) is 29.6. The summed E-state index contributed by atoms with van der Waals surface area (Å²) in [5, 5.41) is 8.64. The fourth-order valence-corrected chi connectivity index (χ4v) is 5.06. The van der Waals surface area contributed by atoms with Gasteiger partial charge in [-0.05, 0) is 66.9 Å². The highest BCUT2D eigenvalue weighted by molar-refractivity contribution is 7.27. The van der Waals surface area contributed by atoms with E-state index in [0.717, 1.165) is 16.3 Å². The maximum absolute atomic E-state index is 13.8. The lowest BCUT2D eigenvalue weighted by molar-refractivity contribution is -0.136. The third kappa shape index (κ3) is 5.50. The number of nitrogens with one attached hydrogen (secondary N) is 1. The quantitative estimate of drug-likeness (QED) is 0.300. The molecule has 0 aliphatic carbocycles. The molecule has 2 atom stereocenters. The molecule has 3 heterocycles. The van der Waals surface area contributed by atoms with E-state index in [9.17, 15) is 22.8 Å². The van der Waals surface area contributed by atoms with E-state index in [1.165, 1.54) is 35.3 Å². The summed E-state index contributed by atoms with van der Waals surface area (Å²) >= 11 is 0. The minimum atomic E-state index is -4.55. The van der Waals surface area contributed by atoms with E-state index in [-0.39, 0.29) is 11.2 Å². The van der Waals surface area contributed by atoms with Crippen LogP contribution in [0.1, 0.15) is 35.5 Å². The first-order valence-corrected chi connectivity index (χ1v) is 13.2. The molecule has 0 bridgehead atoms. The molecule has 2 aromatic carbocycles. The van der Waals surface area contributed by atoms with Gasteiger partial charge < -0.3 is 9.88 Å². The predicted octanol–water partition coefficient (Wildman–Crippen LogP) is 4.85. The van der Waals surface area contributed by atoms with Gasteiger partial charge in [-0.1, -0.05) is 12.1 Å². The summed E-state index contributed by atoms with van der Waals surface area (Å²) in [6.45, 7) is 5.29. The fourth-order valence-electron chi connectivity index (χ4n) is 4.79. The van der Waals surface area contributed by atoms with Crippen molar-refractivity contribution < 1.29 is 13.2 Å². The molecule has 1 N–H and O–H groups in total. The average molecular weight is 579 g/mol. The van der Waals surface area contributed by atoms with Crippen molar-refractivity contribution in [3.05, 3.63) is 104 Å². The first-order valence-electron chi connectivity index (χ1n) is 12.6. The Kier molecular flexibility index (Phi) is 7.25. The zero-order valence-electron chi connectivity index (χ0n) is 22.6. The number of hydrogen-bond donors (Lipinski definition) is 1. The second-order valence-electron chi connectivity index (χ2n) is 9.86. The molecule has 0 fully saturated rings. The maximum Gasteiger partial charge on any atom is 0.418 e. The molecular formula is C29H26F3N6O2P. The standard InChI is InChI=1S/C29H26F3N6O2P/c1-15-7-21(16(2)36-25-6-5-20(41)10-24(25)29(30,31)32)22-11-26(37(4)28(40)23(22)8-15)18-9-27(39)38(35-12-18)19-13-33-17(3)34-14-19/h5-14,16,36H,41H2,1-4H3/t16-/m1/s1. The molecule has 0 saturated carbocycles. The van der Waals surface area contributed by atoms with Gasteiger partial charge in [0.2, 0.25) is 0 Å². The van der Waals surface area contributed by atoms with Crippen LogP contribution in [0.5, 0.6) is 0 Å².